The van der Waals surface area contributed by atoms with Crippen LogP contribution >= 0.6 is 0 Å². The lowest BCUT2D eigenvalue weighted by Gasteiger charge is -2.10. The third-order valence-corrected chi connectivity index (χ3v) is 3.07. The summed E-state index contributed by atoms with van der Waals surface area (Å²) >= 11 is 0. The molecule has 1 atom stereocenters. The van der Waals surface area contributed by atoms with Crippen molar-refractivity contribution in [3.05, 3.63) is 29.8 Å². The first kappa shape index (κ1) is 13.8. The molecule has 0 amide bonds. The molecule has 0 aliphatic carbocycles. The van der Waals surface area contributed by atoms with Crippen molar-refractivity contribution in [3.8, 4) is 5.75 Å². The van der Waals surface area contributed by atoms with E-state index in [2.05, 4.69) is 18.8 Å². The summed E-state index contributed by atoms with van der Waals surface area (Å²) in [6.07, 6.45) is 6.75. The zero-order chi connectivity index (χ0) is 12.5. The SMILES string of the molecule is CCCCC(CC)CN=Cc1ccccc1O. The topological polar surface area (TPSA) is 32.6 Å². The zero-order valence-corrected chi connectivity index (χ0v) is 10.9. The molecule has 1 unspecified atom stereocenters. The zero-order valence-electron chi connectivity index (χ0n) is 10.9. The van der Waals surface area contributed by atoms with Crippen molar-refractivity contribution in [3.63, 3.8) is 0 Å². The van der Waals surface area contributed by atoms with Gasteiger partial charge >= 0.3 is 0 Å². The van der Waals surface area contributed by atoms with Crippen molar-refractivity contribution >= 4 is 6.21 Å². The average molecular weight is 233 g/mol. The maximum atomic E-state index is 9.58. The van der Waals surface area contributed by atoms with E-state index in [0.29, 0.717) is 11.7 Å². The second kappa shape index (κ2) is 7.88. The number of phenols is 1. The maximum absolute atomic E-state index is 9.58. The molecule has 0 saturated carbocycles. The summed E-state index contributed by atoms with van der Waals surface area (Å²) in [5.74, 6) is 0.981. The first-order valence-corrected chi connectivity index (χ1v) is 6.55. The summed E-state index contributed by atoms with van der Waals surface area (Å²) < 4.78 is 0. The van der Waals surface area contributed by atoms with E-state index in [-0.39, 0.29) is 0 Å². The molecule has 0 saturated heterocycles. The number of hydrogen-bond acceptors (Lipinski definition) is 2. The number of phenolic OH excluding ortho intramolecular Hbond substituents is 1. The largest absolute Gasteiger partial charge is 0.507 e. The van der Waals surface area contributed by atoms with Crippen LogP contribution in [0.2, 0.25) is 0 Å². The van der Waals surface area contributed by atoms with E-state index in [1.807, 2.05) is 18.2 Å². The molecular formula is C15H23NO. The lowest BCUT2D eigenvalue weighted by molar-refractivity contribution is 0.462. The van der Waals surface area contributed by atoms with E-state index < -0.39 is 0 Å². The second-order valence-corrected chi connectivity index (χ2v) is 4.47. The first-order valence-electron chi connectivity index (χ1n) is 6.55. The molecule has 2 nitrogen and oxygen atoms in total. The summed E-state index contributed by atoms with van der Waals surface area (Å²) in [5.41, 5.74) is 0.804. The predicted molar refractivity (Wildman–Crippen MR) is 73.9 cm³/mol. The van der Waals surface area contributed by atoms with Gasteiger partial charge in [0, 0.05) is 18.3 Å². The quantitative estimate of drug-likeness (QED) is 0.709. The highest BCUT2D eigenvalue weighted by molar-refractivity contribution is 5.83. The number of aromatic hydroxyl groups is 1. The van der Waals surface area contributed by atoms with Gasteiger partial charge in [-0.15, -0.1) is 0 Å². The van der Waals surface area contributed by atoms with Crippen molar-refractivity contribution in [1.29, 1.82) is 0 Å². The number of para-hydroxylation sites is 1. The number of benzene rings is 1. The molecule has 0 spiro atoms. The van der Waals surface area contributed by atoms with E-state index >= 15 is 0 Å². The molecule has 1 rings (SSSR count). The lowest BCUT2D eigenvalue weighted by Crippen LogP contribution is -2.03. The Balaban J connectivity index is 2.46. The van der Waals surface area contributed by atoms with Crippen LogP contribution in [0.3, 0.4) is 0 Å². The van der Waals surface area contributed by atoms with Gasteiger partial charge in [-0.3, -0.25) is 4.99 Å². The Labute approximate surface area is 104 Å². The van der Waals surface area contributed by atoms with Crippen molar-refractivity contribution in [2.45, 2.75) is 39.5 Å². The Morgan fingerprint density at radius 2 is 2.06 bits per heavy atom. The normalized spacial score (nSPS) is 13.1. The Morgan fingerprint density at radius 1 is 1.29 bits per heavy atom. The first-order chi connectivity index (χ1) is 8.27. The molecular weight excluding hydrogens is 210 g/mol. The van der Waals surface area contributed by atoms with Crippen LogP contribution in [0.4, 0.5) is 0 Å². The van der Waals surface area contributed by atoms with Gasteiger partial charge in [0.2, 0.25) is 0 Å². The summed E-state index contributed by atoms with van der Waals surface area (Å²) in [4.78, 5) is 4.44. The van der Waals surface area contributed by atoms with Crippen molar-refractivity contribution < 1.29 is 5.11 Å². The molecule has 1 aromatic rings. The van der Waals surface area contributed by atoms with Crippen LogP contribution in [0, 0.1) is 5.92 Å². The van der Waals surface area contributed by atoms with Crippen LogP contribution in [0.15, 0.2) is 29.3 Å². The van der Waals surface area contributed by atoms with Crippen LogP contribution in [0.1, 0.15) is 45.1 Å². The molecule has 0 aromatic heterocycles. The van der Waals surface area contributed by atoms with E-state index in [9.17, 15) is 5.11 Å². The fraction of sp³-hybridized carbons (Fsp3) is 0.533. The van der Waals surface area contributed by atoms with Gasteiger partial charge in [-0.05, 0) is 24.5 Å². The average Bonchev–Trinajstić information content (AvgIpc) is 2.35. The molecule has 0 heterocycles. The number of unbranched alkanes of at least 4 members (excludes halogenated alkanes) is 1. The molecule has 17 heavy (non-hydrogen) atoms. The standard InChI is InChI=1S/C15H23NO/c1-3-5-8-13(4-2)11-16-12-14-9-6-7-10-15(14)17/h6-7,9-10,12-13,17H,3-5,8,11H2,1-2H3. The Morgan fingerprint density at radius 3 is 2.71 bits per heavy atom. The highest BCUT2D eigenvalue weighted by atomic mass is 16.3. The van der Waals surface area contributed by atoms with Gasteiger partial charge in [0.05, 0.1) is 0 Å². The molecule has 0 aliphatic rings. The van der Waals surface area contributed by atoms with Crippen LogP contribution in [0.25, 0.3) is 0 Å². The van der Waals surface area contributed by atoms with Gasteiger partial charge in [-0.2, -0.15) is 0 Å². The number of rotatable bonds is 7. The number of nitrogens with zero attached hydrogens (tertiary/aromatic N) is 1. The van der Waals surface area contributed by atoms with Crippen LogP contribution in [-0.4, -0.2) is 17.9 Å². The number of hydrogen-bond donors (Lipinski definition) is 1. The minimum atomic E-state index is 0.304. The minimum Gasteiger partial charge on any atom is -0.507 e. The van der Waals surface area contributed by atoms with Gasteiger partial charge in [-0.25, -0.2) is 0 Å². The summed E-state index contributed by atoms with van der Waals surface area (Å²) in [5, 5.41) is 9.58. The Bertz CT molecular complexity index is 347. The van der Waals surface area contributed by atoms with Crippen LogP contribution in [-0.2, 0) is 0 Å². The van der Waals surface area contributed by atoms with Gasteiger partial charge < -0.3 is 5.11 Å². The van der Waals surface area contributed by atoms with Crippen LogP contribution < -0.4 is 0 Å². The number of aliphatic imine (C=N–C) groups is 1. The molecule has 0 radical (unpaired) electrons. The minimum absolute atomic E-state index is 0.304. The van der Waals surface area contributed by atoms with Gasteiger partial charge in [0.25, 0.3) is 0 Å². The molecule has 0 aliphatic heterocycles. The Hall–Kier alpha value is -1.31. The second-order valence-electron chi connectivity index (χ2n) is 4.47. The molecule has 1 N–H and O–H groups in total. The summed E-state index contributed by atoms with van der Waals surface area (Å²) in [6.45, 7) is 5.30. The van der Waals surface area contributed by atoms with Crippen molar-refractivity contribution in [1.82, 2.24) is 0 Å². The maximum Gasteiger partial charge on any atom is 0.124 e. The molecule has 0 bridgehead atoms. The highest BCUT2D eigenvalue weighted by Gasteiger charge is 2.03. The summed E-state index contributed by atoms with van der Waals surface area (Å²) in [7, 11) is 0. The van der Waals surface area contributed by atoms with E-state index in [1.165, 1.54) is 25.7 Å². The van der Waals surface area contributed by atoms with E-state index in [1.54, 1.807) is 12.3 Å². The van der Waals surface area contributed by atoms with Gasteiger partial charge in [-0.1, -0.05) is 45.2 Å². The van der Waals surface area contributed by atoms with Gasteiger partial charge in [0.1, 0.15) is 5.75 Å². The predicted octanol–water partition coefficient (Wildman–Crippen LogP) is 4.03. The molecule has 94 valence electrons. The van der Waals surface area contributed by atoms with Crippen molar-refractivity contribution in [2.24, 2.45) is 10.9 Å². The van der Waals surface area contributed by atoms with Crippen LogP contribution in [0.5, 0.6) is 5.75 Å². The third kappa shape index (κ3) is 5.03. The molecule has 0 fully saturated rings. The lowest BCUT2D eigenvalue weighted by atomic mass is 10.00. The highest BCUT2D eigenvalue weighted by Crippen LogP contribution is 2.15. The third-order valence-electron chi connectivity index (χ3n) is 3.07. The summed E-state index contributed by atoms with van der Waals surface area (Å²) in [6, 6.07) is 7.31. The molecule has 1 aromatic carbocycles. The fourth-order valence-corrected chi connectivity index (χ4v) is 1.81. The van der Waals surface area contributed by atoms with E-state index in [4.69, 9.17) is 0 Å². The molecule has 2 heteroatoms. The smallest absolute Gasteiger partial charge is 0.124 e. The Kier molecular flexibility index (Phi) is 6.38. The monoisotopic (exact) mass is 233 g/mol. The van der Waals surface area contributed by atoms with Crippen molar-refractivity contribution in [2.75, 3.05) is 6.54 Å². The van der Waals surface area contributed by atoms with Gasteiger partial charge in [0.15, 0.2) is 0 Å². The van der Waals surface area contributed by atoms with E-state index in [0.717, 1.165) is 12.1 Å². The fourth-order valence-electron chi connectivity index (χ4n) is 1.81.